The van der Waals surface area contributed by atoms with Gasteiger partial charge in [-0.15, -0.1) is 0 Å². The maximum absolute atomic E-state index is 12.0. The highest BCUT2D eigenvalue weighted by Crippen LogP contribution is 2.28. The molecule has 0 unspecified atom stereocenters. The molecule has 24 heavy (non-hydrogen) atoms. The summed E-state index contributed by atoms with van der Waals surface area (Å²) < 4.78 is 3.79. The molecule has 6 nitrogen and oxygen atoms in total. The molecule has 0 atom stereocenters. The lowest BCUT2D eigenvalue weighted by Crippen LogP contribution is -2.31. The fraction of sp³-hybridized carbons (Fsp3) is 0.333. The Morgan fingerprint density at radius 1 is 1.04 bits per heavy atom. The Kier molecular flexibility index (Phi) is 3.61. The molecule has 2 aromatic heterocycles. The van der Waals surface area contributed by atoms with Crippen LogP contribution < -0.4 is 11.2 Å². The largest absolute Gasteiger partial charge is 0.344 e. The number of benzene rings is 1. The molecule has 1 saturated heterocycles. The standard InChI is InChI=1S/C18H20N4O2/c1-20-8-5-14(6-9-20)21-10-4-13-2-3-15(12-16(13)21)22-11-7-17(23)19-18(22)24/h2-4,7,10-12,14H,5-6,8-9H2,1H3,(H,19,23,24). The Balaban J connectivity index is 1.78. The quantitative estimate of drug-likeness (QED) is 0.781. The Morgan fingerprint density at radius 2 is 1.83 bits per heavy atom. The number of aromatic nitrogens is 3. The fourth-order valence-corrected chi connectivity index (χ4v) is 3.50. The maximum atomic E-state index is 12.0. The molecule has 3 aromatic rings. The normalized spacial score (nSPS) is 16.7. The molecule has 1 N–H and O–H groups in total. The van der Waals surface area contributed by atoms with E-state index in [0.29, 0.717) is 6.04 Å². The summed E-state index contributed by atoms with van der Waals surface area (Å²) in [5.41, 5.74) is 1.09. The average Bonchev–Trinajstić information content (AvgIpc) is 2.99. The second kappa shape index (κ2) is 5.79. The summed E-state index contributed by atoms with van der Waals surface area (Å²) in [5, 5.41) is 1.16. The number of fused-ring (bicyclic) bond motifs is 1. The molecule has 1 aliphatic heterocycles. The SMILES string of the molecule is CN1CCC(n2ccc3ccc(-n4ccc(=O)[nH]c4=O)cc32)CC1. The summed E-state index contributed by atoms with van der Waals surface area (Å²) in [4.78, 5) is 27.9. The molecule has 4 rings (SSSR count). The number of aromatic amines is 1. The van der Waals surface area contributed by atoms with Crippen LogP contribution in [0.15, 0.2) is 52.3 Å². The van der Waals surface area contributed by atoms with Crippen LogP contribution in [-0.4, -0.2) is 39.2 Å². The van der Waals surface area contributed by atoms with E-state index in [0.717, 1.165) is 42.5 Å². The molecule has 0 bridgehead atoms. The second-order valence-corrected chi connectivity index (χ2v) is 6.48. The topological polar surface area (TPSA) is 63.0 Å². The first-order valence-corrected chi connectivity index (χ1v) is 8.23. The number of nitrogens with one attached hydrogen (secondary N) is 1. The van der Waals surface area contributed by atoms with Gasteiger partial charge in [0.1, 0.15) is 0 Å². The van der Waals surface area contributed by atoms with Gasteiger partial charge in [0.15, 0.2) is 0 Å². The molecule has 1 aliphatic rings. The van der Waals surface area contributed by atoms with Crippen LogP contribution in [0.25, 0.3) is 16.6 Å². The van der Waals surface area contributed by atoms with Crippen LogP contribution >= 0.6 is 0 Å². The van der Waals surface area contributed by atoms with Gasteiger partial charge in [0.2, 0.25) is 0 Å². The highest BCUT2D eigenvalue weighted by atomic mass is 16.2. The van der Waals surface area contributed by atoms with Crippen molar-refractivity contribution >= 4 is 10.9 Å². The minimum absolute atomic E-state index is 0.382. The predicted octanol–water partition coefficient (Wildman–Crippen LogP) is 1.75. The van der Waals surface area contributed by atoms with E-state index in [9.17, 15) is 9.59 Å². The zero-order valence-electron chi connectivity index (χ0n) is 13.6. The van der Waals surface area contributed by atoms with E-state index >= 15 is 0 Å². The summed E-state index contributed by atoms with van der Waals surface area (Å²) in [6.45, 7) is 2.20. The molecular formula is C18H20N4O2. The number of likely N-dealkylation sites (tertiary alicyclic amines) is 1. The molecule has 1 fully saturated rings. The second-order valence-electron chi connectivity index (χ2n) is 6.48. The zero-order chi connectivity index (χ0) is 16.7. The number of H-pyrrole nitrogens is 1. The molecule has 0 spiro atoms. The molecule has 124 valence electrons. The minimum Gasteiger partial charge on any atom is -0.344 e. The first-order valence-electron chi connectivity index (χ1n) is 8.23. The van der Waals surface area contributed by atoms with Crippen LogP contribution in [0.1, 0.15) is 18.9 Å². The van der Waals surface area contributed by atoms with Gasteiger partial charge in [-0.1, -0.05) is 6.07 Å². The van der Waals surface area contributed by atoms with Crippen LogP contribution in [0.5, 0.6) is 0 Å². The van der Waals surface area contributed by atoms with E-state index < -0.39 is 5.69 Å². The van der Waals surface area contributed by atoms with Gasteiger partial charge < -0.3 is 9.47 Å². The summed E-state index contributed by atoms with van der Waals surface area (Å²) in [6.07, 6.45) is 5.91. The predicted molar refractivity (Wildman–Crippen MR) is 93.9 cm³/mol. The smallest absolute Gasteiger partial charge is 0.332 e. The first kappa shape index (κ1) is 15.0. The monoisotopic (exact) mass is 324 g/mol. The highest BCUT2D eigenvalue weighted by Gasteiger charge is 2.19. The van der Waals surface area contributed by atoms with Crippen molar-refractivity contribution in [3.8, 4) is 5.69 Å². The molecule has 0 radical (unpaired) electrons. The van der Waals surface area contributed by atoms with E-state index in [1.54, 1.807) is 0 Å². The highest BCUT2D eigenvalue weighted by molar-refractivity contribution is 5.82. The van der Waals surface area contributed by atoms with Gasteiger partial charge >= 0.3 is 5.69 Å². The van der Waals surface area contributed by atoms with Crippen molar-refractivity contribution in [1.29, 1.82) is 0 Å². The van der Waals surface area contributed by atoms with Crippen LogP contribution in [0.3, 0.4) is 0 Å². The summed E-state index contributed by atoms with van der Waals surface area (Å²) >= 11 is 0. The van der Waals surface area contributed by atoms with Gasteiger partial charge in [-0.05, 0) is 56.6 Å². The fourth-order valence-electron chi connectivity index (χ4n) is 3.50. The van der Waals surface area contributed by atoms with Crippen molar-refractivity contribution in [3.63, 3.8) is 0 Å². The maximum Gasteiger partial charge on any atom is 0.332 e. The van der Waals surface area contributed by atoms with Gasteiger partial charge in [0.25, 0.3) is 5.56 Å². The minimum atomic E-state index is -0.417. The number of rotatable bonds is 2. The molecule has 1 aromatic carbocycles. The first-order chi connectivity index (χ1) is 11.6. The number of piperidine rings is 1. The molecule has 0 saturated carbocycles. The van der Waals surface area contributed by atoms with Crippen molar-refractivity contribution in [2.45, 2.75) is 18.9 Å². The van der Waals surface area contributed by atoms with Crippen LogP contribution in [-0.2, 0) is 0 Å². The van der Waals surface area contributed by atoms with Crippen molar-refractivity contribution < 1.29 is 0 Å². The van der Waals surface area contributed by atoms with Gasteiger partial charge in [-0.2, -0.15) is 0 Å². The third-order valence-electron chi connectivity index (χ3n) is 4.89. The van der Waals surface area contributed by atoms with E-state index in [1.807, 2.05) is 18.2 Å². The van der Waals surface area contributed by atoms with Gasteiger partial charge in [-0.3, -0.25) is 14.3 Å². The molecular weight excluding hydrogens is 304 g/mol. The summed E-state index contributed by atoms with van der Waals surface area (Å²) in [5.74, 6) is 0. The van der Waals surface area contributed by atoms with E-state index in [2.05, 4.69) is 33.8 Å². The van der Waals surface area contributed by atoms with Crippen LogP contribution in [0.2, 0.25) is 0 Å². The Labute approximate surface area is 139 Å². The van der Waals surface area contributed by atoms with Gasteiger partial charge in [0, 0.05) is 24.5 Å². The lowest BCUT2D eigenvalue weighted by molar-refractivity contribution is 0.224. The molecule has 0 amide bonds. The van der Waals surface area contributed by atoms with Crippen LogP contribution in [0, 0.1) is 0 Å². The zero-order valence-corrected chi connectivity index (χ0v) is 13.6. The van der Waals surface area contributed by atoms with Crippen molar-refractivity contribution in [2.24, 2.45) is 0 Å². The Bertz CT molecular complexity index is 990. The summed E-state index contributed by atoms with van der Waals surface area (Å²) in [7, 11) is 2.16. The lowest BCUT2D eigenvalue weighted by atomic mass is 10.1. The van der Waals surface area contributed by atoms with Crippen molar-refractivity contribution in [2.75, 3.05) is 20.1 Å². The number of nitrogens with zero attached hydrogens (tertiary/aromatic N) is 3. The van der Waals surface area contributed by atoms with E-state index in [-0.39, 0.29) is 5.56 Å². The average molecular weight is 324 g/mol. The molecule has 6 heteroatoms. The number of hydrogen-bond acceptors (Lipinski definition) is 3. The number of hydrogen-bond donors (Lipinski definition) is 1. The Hall–Kier alpha value is -2.60. The summed E-state index contributed by atoms with van der Waals surface area (Å²) in [6, 6.07) is 9.91. The van der Waals surface area contributed by atoms with E-state index in [4.69, 9.17) is 0 Å². The molecule has 0 aliphatic carbocycles. The van der Waals surface area contributed by atoms with Gasteiger partial charge in [-0.25, -0.2) is 4.79 Å². The van der Waals surface area contributed by atoms with Crippen molar-refractivity contribution in [1.82, 2.24) is 19.0 Å². The third kappa shape index (κ3) is 2.59. The van der Waals surface area contributed by atoms with Gasteiger partial charge in [0.05, 0.1) is 11.2 Å². The third-order valence-corrected chi connectivity index (χ3v) is 4.89. The lowest BCUT2D eigenvalue weighted by Gasteiger charge is -2.30. The molecule has 3 heterocycles. The van der Waals surface area contributed by atoms with E-state index in [1.165, 1.54) is 16.8 Å². The Morgan fingerprint density at radius 3 is 2.58 bits per heavy atom. The van der Waals surface area contributed by atoms with Crippen LogP contribution in [0.4, 0.5) is 0 Å². The van der Waals surface area contributed by atoms with Crippen molar-refractivity contribution in [3.05, 3.63) is 63.6 Å².